The summed E-state index contributed by atoms with van der Waals surface area (Å²) in [6.45, 7) is 1.83. The highest BCUT2D eigenvalue weighted by molar-refractivity contribution is 6.15. The summed E-state index contributed by atoms with van der Waals surface area (Å²) in [5.41, 5.74) is 0. The van der Waals surface area contributed by atoms with Gasteiger partial charge in [0, 0.05) is 25.6 Å². The summed E-state index contributed by atoms with van der Waals surface area (Å²) in [6.07, 6.45) is 1.63. The van der Waals surface area contributed by atoms with Crippen LogP contribution in [0.3, 0.4) is 0 Å². The van der Waals surface area contributed by atoms with Crippen molar-refractivity contribution in [3.8, 4) is 0 Å². The van der Waals surface area contributed by atoms with Gasteiger partial charge in [0.05, 0.1) is 0 Å². The minimum Gasteiger partial charge on any atom is -0.363 e. The van der Waals surface area contributed by atoms with Crippen molar-refractivity contribution in [2.24, 2.45) is 0 Å². The zero-order valence-electron chi connectivity index (χ0n) is 8.51. The van der Waals surface area contributed by atoms with Crippen LogP contribution in [0.25, 0.3) is 0 Å². The van der Waals surface area contributed by atoms with Crippen LogP contribution < -0.4 is 4.90 Å². The second-order valence-corrected chi connectivity index (χ2v) is 3.53. The maximum Gasteiger partial charge on any atom is 0.332 e. The highest BCUT2D eigenvalue weighted by Gasteiger charge is 2.36. The summed E-state index contributed by atoms with van der Waals surface area (Å²) >= 11 is 0. The molecular formula is C9H11N3O3. The quantitative estimate of drug-likeness (QED) is 0.687. The Kier molecular flexibility index (Phi) is 2.18. The van der Waals surface area contributed by atoms with Crippen molar-refractivity contribution in [3.05, 3.63) is 12.3 Å². The van der Waals surface area contributed by atoms with Crippen LogP contribution in [0.4, 0.5) is 10.6 Å². The van der Waals surface area contributed by atoms with E-state index in [2.05, 4.69) is 9.68 Å². The van der Waals surface area contributed by atoms with Crippen LogP contribution in [0, 0.1) is 0 Å². The largest absolute Gasteiger partial charge is 0.363 e. The highest BCUT2D eigenvalue weighted by Crippen LogP contribution is 2.21. The van der Waals surface area contributed by atoms with E-state index in [1.807, 2.05) is 6.92 Å². The molecule has 1 fully saturated rings. The average Bonchev–Trinajstić information content (AvgIpc) is 2.68. The molecule has 0 radical (unpaired) electrons. The second kappa shape index (κ2) is 3.38. The molecule has 1 aromatic rings. The van der Waals surface area contributed by atoms with Gasteiger partial charge in [0.25, 0.3) is 0 Å². The molecule has 0 aliphatic carbocycles. The van der Waals surface area contributed by atoms with Gasteiger partial charge in [0.1, 0.15) is 6.26 Å². The maximum absolute atomic E-state index is 11.8. The number of hydrogen-bond acceptors (Lipinski definition) is 4. The molecule has 1 saturated heterocycles. The van der Waals surface area contributed by atoms with E-state index in [9.17, 15) is 9.59 Å². The number of rotatable bonds is 1. The molecule has 2 heterocycles. The third-order valence-electron chi connectivity index (χ3n) is 2.53. The molecular weight excluding hydrogens is 198 g/mol. The Labute approximate surface area is 86.4 Å². The van der Waals surface area contributed by atoms with E-state index in [1.54, 1.807) is 7.05 Å². The third kappa shape index (κ3) is 1.47. The molecule has 1 unspecified atom stereocenters. The van der Waals surface area contributed by atoms with Crippen LogP contribution in [-0.2, 0) is 4.79 Å². The number of carbonyl (C=O) groups excluding carboxylic acids is 2. The fraction of sp³-hybridized carbons (Fsp3) is 0.444. The standard InChI is InChI=1S/C9H11N3O3/c1-6-5-8(13)12(9(14)11(6)2)7-3-4-15-10-7/h3-4,6H,5H2,1-2H3. The van der Waals surface area contributed by atoms with Crippen LogP contribution >= 0.6 is 0 Å². The number of anilines is 1. The lowest BCUT2D eigenvalue weighted by Crippen LogP contribution is -2.54. The van der Waals surface area contributed by atoms with Crippen LogP contribution in [0.2, 0.25) is 0 Å². The first-order chi connectivity index (χ1) is 7.11. The number of imide groups is 1. The minimum absolute atomic E-state index is 0.0758. The topological polar surface area (TPSA) is 66.7 Å². The molecule has 2 rings (SSSR count). The molecule has 1 aromatic heterocycles. The molecule has 80 valence electrons. The zero-order valence-corrected chi connectivity index (χ0v) is 8.51. The number of hydrogen-bond donors (Lipinski definition) is 0. The second-order valence-electron chi connectivity index (χ2n) is 3.53. The van der Waals surface area contributed by atoms with Gasteiger partial charge in [-0.2, -0.15) is 0 Å². The maximum atomic E-state index is 11.8. The van der Waals surface area contributed by atoms with Crippen LogP contribution in [-0.4, -0.2) is 35.1 Å². The fourth-order valence-electron chi connectivity index (χ4n) is 1.48. The van der Waals surface area contributed by atoms with E-state index in [1.165, 1.54) is 17.2 Å². The Hall–Kier alpha value is -1.85. The smallest absolute Gasteiger partial charge is 0.332 e. The van der Waals surface area contributed by atoms with Crippen LogP contribution in [0.1, 0.15) is 13.3 Å². The Balaban J connectivity index is 2.32. The molecule has 1 atom stereocenters. The van der Waals surface area contributed by atoms with Crippen molar-refractivity contribution >= 4 is 17.8 Å². The lowest BCUT2D eigenvalue weighted by Gasteiger charge is -2.34. The molecule has 0 aromatic carbocycles. The predicted molar refractivity (Wildman–Crippen MR) is 51.2 cm³/mol. The Morgan fingerprint density at radius 3 is 2.87 bits per heavy atom. The summed E-state index contributed by atoms with van der Waals surface area (Å²) in [5.74, 6) is -0.0109. The van der Waals surface area contributed by atoms with E-state index >= 15 is 0 Å². The van der Waals surface area contributed by atoms with Crippen LogP contribution in [0.5, 0.6) is 0 Å². The molecule has 3 amide bonds. The van der Waals surface area contributed by atoms with Crippen LogP contribution in [0.15, 0.2) is 16.9 Å². The van der Waals surface area contributed by atoms with Gasteiger partial charge < -0.3 is 9.42 Å². The average molecular weight is 209 g/mol. The normalized spacial score (nSPS) is 22.4. The van der Waals surface area contributed by atoms with Gasteiger partial charge in [-0.1, -0.05) is 5.16 Å². The van der Waals surface area contributed by atoms with Crippen molar-refractivity contribution in [1.82, 2.24) is 10.1 Å². The Morgan fingerprint density at radius 1 is 1.53 bits per heavy atom. The highest BCUT2D eigenvalue weighted by atomic mass is 16.5. The van der Waals surface area contributed by atoms with Gasteiger partial charge in [0.15, 0.2) is 5.82 Å². The predicted octanol–water partition coefficient (Wildman–Crippen LogP) is 0.852. The van der Waals surface area contributed by atoms with Crippen molar-refractivity contribution in [1.29, 1.82) is 0 Å². The van der Waals surface area contributed by atoms with Crippen molar-refractivity contribution in [3.63, 3.8) is 0 Å². The van der Waals surface area contributed by atoms with E-state index in [-0.39, 0.29) is 23.8 Å². The number of urea groups is 1. The van der Waals surface area contributed by atoms with E-state index in [0.717, 1.165) is 4.90 Å². The molecule has 0 bridgehead atoms. The number of aromatic nitrogens is 1. The third-order valence-corrected chi connectivity index (χ3v) is 2.53. The zero-order chi connectivity index (χ0) is 11.0. The fourth-order valence-corrected chi connectivity index (χ4v) is 1.48. The minimum atomic E-state index is -0.368. The van der Waals surface area contributed by atoms with Gasteiger partial charge in [-0.3, -0.25) is 4.79 Å². The molecule has 1 aliphatic rings. The summed E-state index contributed by atoms with van der Waals surface area (Å²) in [6, 6.07) is 1.04. The van der Waals surface area contributed by atoms with Gasteiger partial charge in [0.2, 0.25) is 5.91 Å². The Morgan fingerprint density at radius 2 is 2.27 bits per heavy atom. The molecule has 0 N–H and O–H groups in total. The first-order valence-corrected chi connectivity index (χ1v) is 4.61. The van der Waals surface area contributed by atoms with Crippen molar-refractivity contribution in [2.45, 2.75) is 19.4 Å². The lowest BCUT2D eigenvalue weighted by atomic mass is 10.1. The number of amides is 3. The van der Waals surface area contributed by atoms with E-state index in [4.69, 9.17) is 0 Å². The molecule has 6 heteroatoms. The molecule has 1 aliphatic heterocycles. The lowest BCUT2D eigenvalue weighted by molar-refractivity contribution is -0.120. The van der Waals surface area contributed by atoms with Crippen molar-refractivity contribution in [2.75, 3.05) is 11.9 Å². The van der Waals surface area contributed by atoms with E-state index < -0.39 is 0 Å². The SMILES string of the molecule is CC1CC(=O)N(c2ccon2)C(=O)N1C. The number of nitrogens with zero attached hydrogens (tertiary/aromatic N) is 3. The van der Waals surface area contributed by atoms with Gasteiger partial charge >= 0.3 is 6.03 Å². The molecule has 15 heavy (non-hydrogen) atoms. The summed E-state index contributed by atoms with van der Waals surface area (Å²) in [7, 11) is 1.66. The Bertz CT molecular complexity index is 387. The molecule has 0 saturated carbocycles. The molecule has 0 spiro atoms. The summed E-state index contributed by atoms with van der Waals surface area (Å²) in [4.78, 5) is 26.0. The molecule has 6 nitrogen and oxygen atoms in total. The van der Waals surface area contributed by atoms with Crippen molar-refractivity contribution < 1.29 is 14.1 Å². The monoisotopic (exact) mass is 209 g/mol. The van der Waals surface area contributed by atoms with Gasteiger partial charge in [-0.15, -0.1) is 0 Å². The van der Waals surface area contributed by atoms with Gasteiger partial charge in [-0.25, -0.2) is 9.69 Å². The summed E-state index contributed by atoms with van der Waals surface area (Å²) < 4.78 is 4.61. The first kappa shape index (κ1) is 9.70. The van der Waals surface area contributed by atoms with E-state index in [0.29, 0.717) is 6.42 Å². The summed E-state index contributed by atoms with van der Waals surface area (Å²) in [5, 5.41) is 3.58. The number of carbonyl (C=O) groups is 2. The first-order valence-electron chi connectivity index (χ1n) is 4.61. The van der Waals surface area contributed by atoms with Gasteiger partial charge in [-0.05, 0) is 6.92 Å².